The van der Waals surface area contributed by atoms with Gasteiger partial charge in [-0.1, -0.05) is 78.9 Å². The Labute approximate surface area is 187 Å². The molecule has 1 heterocycles. The molecule has 3 heteroatoms. The third-order valence-corrected chi connectivity index (χ3v) is 5.61. The highest BCUT2D eigenvalue weighted by atomic mass is 16.5. The van der Waals surface area contributed by atoms with Crippen molar-refractivity contribution >= 4 is 11.9 Å². The first-order valence-electron chi connectivity index (χ1n) is 10.6. The van der Waals surface area contributed by atoms with Crippen LogP contribution in [0.5, 0.6) is 11.5 Å². The molecular weight excluding hydrogens is 396 g/mol. The highest BCUT2D eigenvalue weighted by Crippen LogP contribution is 2.35. The Morgan fingerprint density at radius 2 is 1.53 bits per heavy atom. The van der Waals surface area contributed by atoms with E-state index in [2.05, 4.69) is 25.1 Å². The quantitative estimate of drug-likeness (QED) is 0.332. The SMILES string of the molecule is Cc1ccccc1COc1ccc2c(c1)O/C(=C/c1ccc(-c3ccccc3)cc1)C2=O. The van der Waals surface area contributed by atoms with Crippen LogP contribution in [0.4, 0.5) is 0 Å². The summed E-state index contributed by atoms with van der Waals surface area (Å²) in [4.78, 5) is 12.8. The van der Waals surface area contributed by atoms with Crippen molar-refractivity contribution in [3.8, 4) is 22.6 Å². The van der Waals surface area contributed by atoms with Crippen molar-refractivity contribution in [1.82, 2.24) is 0 Å². The minimum Gasteiger partial charge on any atom is -0.489 e. The van der Waals surface area contributed by atoms with Crippen LogP contribution < -0.4 is 9.47 Å². The Balaban J connectivity index is 1.31. The van der Waals surface area contributed by atoms with Gasteiger partial charge in [-0.25, -0.2) is 0 Å². The van der Waals surface area contributed by atoms with Crippen LogP contribution in [0, 0.1) is 6.92 Å². The van der Waals surface area contributed by atoms with E-state index in [9.17, 15) is 4.79 Å². The van der Waals surface area contributed by atoms with Crippen molar-refractivity contribution < 1.29 is 14.3 Å². The molecule has 0 saturated carbocycles. The summed E-state index contributed by atoms with van der Waals surface area (Å²) in [6.07, 6.45) is 1.78. The predicted octanol–water partition coefficient (Wildman–Crippen LogP) is 6.86. The molecule has 0 unspecified atom stereocenters. The van der Waals surface area contributed by atoms with E-state index in [1.807, 2.05) is 66.7 Å². The number of carbonyl (C=O) groups excluding carboxylic acids is 1. The fourth-order valence-electron chi connectivity index (χ4n) is 3.74. The largest absolute Gasteiger partial charge is 0.489 e. The summed E-state index contributed by atoms with van der Waals surface area (Å²) in [6, 6.07) is 31.8. The topological polar surface area (TPSA) is 35.5 Å². The van der Waals surface area contributed by atoms with Gasteiger partial charge in [-0.3, -0.25) is 4.79 Å². The summed E-state index contributed by atoms with van der Waals surface area (Å²) in [5, 5.41) is 0. The molecule has 0 spiro atoms. The molecule has 0 N–H and O–H groups in total. The van der Waals surface area contributed by atoms with Crippen molar-refractivity contribution in [2.45, 2.75) is 13.5 Å². The van der Waals surface area contributed by atoms with E-state index in [0.717, 1.165) is 22.3 Å². The Morgan fingerprint density at radius 3 is 2.31 bits per heavy atom. The van der Waals surface area contributed by atoms with Crippen molar-refractivity contribution in [3.63, 3.8) is 0 Å². The molecule has 0 atom stereocenters. The number of Topliss-reactive ketones (excluding diaryl/α,β-unsaturated/α-hetero) is 1. The van der Waals surface area contributed by atoms with Gasteiger partial charge in [-0.2, -0.15) is 0 Å². The smallest absolute Gasteiger partial charge is 0.231 e. The number of ether oxygens (including phenoxy) is 2. The Kier molecular flexibility index (Phi) is 5.30. The molecule has 4 aromatic rings. The first-order chi connectivity index (χ1) is 15.7. The van der Waals surface area contributed by atoms with E-state index < -0.39 is 0 Å². The second-order valence-electron chi connectivity index (χ2n) is 7.80. The Morgan fingerprint density at radius 1 is 0.812 bits per heavy atom. The lowest BCUT2D eigenvalue weighted by Crippen LogP contribution is -1.98. The molecule has 0 aromatic heterocycles. The van der Waals surface area contributed by atoms with Crippen LogP contribution in [0.25, 0.3) is 17.2 Å². The summed E-state index contributed by atoms with van der Waals surface area (Å²) in [6.45, 7) is 2.53. The van der Waals surface area contributed by atoms with Crippen molar-refractivity contribution in [2.24, 2.45) is 0 Å². The molecule has 32 heavy (non-hydrogen) atoms. The fourth-order valence-corrected chi connectivity index (χ4v) is 3.74. The minimum absolute atomic E-state index is 0.113. The zero-order chi connectivity index (χ0) is 21.9. The van der Waals surface area contributed by atoms with E-state index in [1.165, 1.54) is 5.56 Å². The lowest BCUT2D eigenvalue weighted by Gasteiger charge is -2.09. The number of carbonyl (C=O) groups is 1. The van der Waals surface area contributed by atoms with Gasteiger partial charge in [0.2, 0.25) is 5.78 Å². The highest BCUT2D eigenvalue weighted by molar-refractivity contribution is 6.14. The summed E-state index contributed by atoms with van der Waals surface area (Å²) in [7, 11) is 0. The molecule has 0 fully saturated rings. The van der Waals surface area contributed by atoms with Gasteiger partial charge in [-0.05, 0) is 52.9 Å². The number of allylic oxidation sites excluding steroid dienone is 1. The zero-order valence-corrected chi connectivity index (χ0v) is 17.7. The van der Waals surface area contributed by atoms with Gasteiger partial charge in [0, 0.05) is 6.07 Å². The Hall–Kier alpha value is -4.11. The second-order valence-corrected chi connectivity index (χ2v) is 7.80. The van der Waals surface area contributed by atoms with E-state index in [-0.39, 0.29) is 5.78 Å². The van der Waals surface area contributed by atoms with Crippen molar-refractivity contribution in [1.29, 1.82) is 0 Å². The summed E-state index contributed by atoms with van der Waals surface area (Å²) in [5.74, 6) is 1.42. The molecule has 1 aliphatic rings. The van der Waals surface area contributed by atoms with Gasteiger partial charge in [0.15, 0.2) is 5.76 Å². The molecule has 3 nitrogen and oxygen atoms in total. The van der Waals surface area contributed by atoms with Crippen molar-refractivity contribution in [2.75, 3.05) is 0 Å². The highest BCUT2D eigenvalue weighted by Gasteiger charge is 2.27. The molecular formula is C29H22O3. The molecule has 0 radical (unpaired) electrons. The number of ketones is 1. The second kappa shape index (κ2) is 8.56. The maximum atomic E-state index is 12.8. The molecule has 1 aliphatic heterocycles. The molecule has 156 valence electrons. The molecule has 0 bridgehead atoms. The van der Waals surface area contributed by atoms with E-state index in [4.69, 9.17) is 9.47 Å². The van der Waals surface area contributed by atoms with Crippen LogP contribution in [0.3, 0.4) is 0 Å². The summed E-state index contributed by atoms with van der Waals surface area (Å²) >= 11 is 0. The average molecular weight is 418 g/mol. The molecule has 5 rings (SSSR count). The van der Waals surface area contributed by atoms with Gasteiger partial charge in [-0.15, -0.1) is 0 Å². The van der Waals surface area contributed by atoms with E-state index >= 15 is 0 Å². The van der Waals surface area contributed by atoms with Crippen LogP contribution in [0.15, 0.2) is 103 Å². The number of benzene rings is 4. The predicted molar refractivity (Wildman–Crippen MR) is 127 cm³/mol. The number of aryl methyl sites for hydroxylation is 1. The average Bonchev–Trinajstić information content (AvgIpc) is 3.14. The summed E-state index contributed by atoms with van der Waals surface area (Å²) < 4.78 is 11.8. The van der Waals surface area contributed by atoms with Crippen LogP contribution in [-0.4, -0.2) is 5.78 Å². The zero-order valence-electron chi connectivity index (χ0n) is 17.7. The molecule has 0 amide bonds. The number of fused-ring (bicyclic) bond motifs is 1. The monoisotopic (exact) mass is 418 g/mol. The molecule has 4 aromatic carbocycles. The number of hydrogen-bond acceptors (Lipinski definition) is 3. The lowest BCUT2D eigenvalue weighted by atomic mass is 10.0. The van der Waals surface area contributed by atoms with Crippen LogP contribution in [-0.2, 0) is 6.61 Å². The number of rotatable bonds is 5. The third-order valence-electron chi connectivity index (χ3n) is 5.61. The maximum absolute atomic E-state index is 12.8. The van der Waals surface area contributed by atoms with Gasteiger partial charge in [0.25, 0.3) is 0 Å². The number of hydrogen-bond donors (Lipinski definition) is 0. The van der Waals surface area contributed by atoms with E-state index in [0.29, 0.717) is 29.4 Å². The first kappa shape index (κ1) is 19.8. The van der Waals surface area contributed by atoms with Crippen LogP contribution in [0.2, 0.25) is 0 Å². The standard InChI is InChI=1S/C29H22O3/c1-20-7-5-6-10-24(20)19-31-25-15-16-26-27(18-25)32-28(29(26)30)17-21-11-13-23(14-12-21)22-8-3-2-4-9-22/h2-18H,19H2,1H3/b28-17+. The van der Waals surface area contributed by atoms with Gasteiger partial charge >= 0.3 is 0 Å². The summed E-state index contributed by atoms with van der Waals surface area (Å²) in [5.41, 5.74) is 6.07. The molecule has 0 saturated heterocycles. The molecule has 0 aliphatic carbocycles. The lowest BCUT2D eigenvalue weighted by molar-refractivity contribution is 0.101. The van der Waals surface area contributed by atoms with Crippen LogP contribution >= 0.6 is 0 Å². The van der Waals surface area contributed by atoms with Gasteiger partial charge in [0.05, 0.1) is 5.56 Å². The van der Waals surface area contributed by atoms with Gasteiger partial charge in [0.1, 0.15) is 18.1 Å². The maximum Gasteiger partial charge on any atom is 0.231 e. The van der Waals surface area contributed by atoms with Gasteiger partial charge < -0.3 is 9.47 Å². The van der Waals surface area contributed by atoms with Crippen molar-refractivity contribution in [3.05, 3.63) is 125 Å². The van der Waals surface area contributed by atoms with Crippen LogP contribution in [0.1, 0.15) is 27.0 Å². The normalized spacial score (nSPS) is 13.7. The third kappa shape index (κ3) is 4.06. The minimum atomic E-state index is -0.113. The fraction of sp³-hybridized carbons (Fsp3) is 0.0690. The first-order valence-corrected chi connectivity index (χ1v) is 10.6. The van der Waals surface area contributed by atoms with E-state index in [1.54, 1.807) is 18.2 Å². The Bertz CT molecular complexity index is 1300.